The van der Waals surface area contributed by atoms with Gasteiger partial charge in [-0.1, -0.05) is 36.4 Å². The highest BCUT2D eigenvalue weighted by molar-refractivity contribution is 5.93. The zero-order valence-electron chi connectivity index (χ0n) is 13.9. The van der Waals surface area contributed by atoms with Crippen molar-refractivity contribution in [1.29, 1.82) is 0 Å². The van der Waals surface area contributed by atoms with Gasteiger partial charge in [-0.15, -0.1) is 0 Å². The number of oxazole rings is 1. The molecule has 0 saturated carbocycles. The van der Waals surface area contributed by atoms with Crippen molar-refractivity contribution in [3.8, 4) is 17.2 Å². The summed E-state index contributed by atoms with van der Waals surface area (Å²) < 4.78 is 34.9. The Labute approximate surface area is 148 Å². The highest BCUT2D eigenvalue weighted by Crippen LogP contribution is 2.22. The molecule has 3 rings (SSSR count). The predicted molar refractivity (Wildman–Crippen MR) is 90.9 cm³/mol. The van der Waals surface area contributed by atoms with Crippen molar-refractivity contribution in [2.24, 2.45) is 0 Å². The number of nitrogens with one attached hydrogen (secondary N) is 1. The number of halogens is 2. The maximum Gasteiger partial charge on any atom is 0.387 e. The van der Waals surface area contributed by atoms with Gasteiger partial charge in [-0.2, -0.15) is 8.78 Å². The fourth-order valence-corrected chi connectivity index (χ4v) is 2.43. The number of hydrogen-bond donors (Lipinski definition) is 1. The zero-order chi connectivity index (χ0) is 18.5. The molecule has 0 fully saturated rings. The second-order valence-electron chi connectivity index (χ2n) is 5.46. The van der Waals surface area contributed by atoms with E-state index in [0.717, 1.165) is 5.56 Å². The van der Waals surface area contributed by atoms with Crippen molar-refractivity contribution in [3.63, 3.8) is 0 Å². The van der Waals surface area contributed by atoms with Crippen molar-refractivity contribution >= 4 is 5.91 Å². The van der Waals surface area contributed by atoms with Gasteiger partial charge in [0.2, 0.25) is 5.89 Å². The van der Waals surface area contributed by atoms with E-state index in [1.807, 2.05) is 30.3 Å². The Hall–Kier alpha value is -3.22. The highest BCUT2D eigenvalue weighted by atomic mass is 19.3. The molecule has 7 heteroatoms. The van der Waals surface area contributed by atoms with Crippen LogP contribution in [0, 0.1) is 6.92 Å². The molecule has 134 valence electrons. The number of aromatic nitrogens is 1. The van der Waals surface area contributed by atoms with Crippen LogP contribution in [0.25, 0.3) is 11.5 Å². The minimum absolute atomic E-state index is 0.0182. The molecule has 2 aromatic carbocycles. The molecule has 3 aromatic rings. The Morgan fingerprint density at radius 3 is 2.58 bits per heavy atom. The first kappa shape index (κ1) is 17.6. The van der Waals surface area contributed by atoms with Crippen LogP contribution in [0.5, 0.6) is 5.75 Å². The molecule has 5 nitrogen and oxygen atoms in total. The van der Waals surface area contributed by atoms with E-state index in [9.17, 15) is 13.6 Å². The van der Waals surface area contributed by atoms with Gasteiger partial charge in [-0.3, -0.25) is 4.79 Å². The predicted octanol–water partition coefficient (Wildman–Crippen LogP) is 4.18. The van der Waals surface area contributed by atoms with Gasteiger partial charge in [0.25, 0.3) is 5.91 Å². The second kappa shape index (κ2) is 7.77. The molecule has 0 unspecified atom stereocenters. The van der Waals surface area contributed by atoms with Gasteiger partial charge in [-0.25, -0.2) is 4.98 Å². The van der Waals surface area contributed by atoms with Gasteiger partial charge in [0.15, 0.2) is 5.69 Å². The number of para-hydroxylation sites is 1. The van der Waals surface area contributed by atoms with Crippen molar-refractivity contribution in [1.82, 2.24) is 10.3 Å². The van der Waals surface area contributed by atoms with Crippen molar-refractivity contribution in [3.05, 3.63) is 71.6 Å². The number of carbonyl (C=O) groups is 1. The van der Waals surface area contributed by atoms with Crippen molar-refractivity contribution < 1.29 is 22.7 Å². The highest BCUT2D eigenvalue weighted by Gasteiger charge is 2.18. The first-order valence-electron chi connectivity index (χ1n) is 7.88. The molecule has 0 aliphatic carbocycles. The van der Waals surface area contributed by atoms with Gasteiger partial charge < -0.3 is 14.5 Å². The lowest BCUT2D eigenvalue weighted by Gasteiger charge is -2.10. The van der Waals surface area contributed by atoms with E-state index in [0.29, 0.717) is 17.2 Å². The number of hydrogen-bond acceptors (Lipinski definition) is 4. The normalized spacial score (nSPS) is 10.8. The number of amides is 1. The zero-order valence-corrected chi connectivity index (χ0v) is 13.9. The van der Waals surface area contributed by atoms with Crippen LogP contribution in [-0.2, 0) is 6.54 Å². The molecule has 1 N–H and O–H groups in total. The van der Waals surface area contributed by atoms with E-state index in [-0.39, 0.29) is 18.0 Å². The van der Waals surface area contributed by atoms with Gasteiger partial charge >= 0.3 is 6.61 Å². The number of alkyl halides is 2. The average Bonchev–Trinajstić information content (AvgIpc) is 3.03. The summed E-state index contributed by atoms with van der Waals surface area (Å²) in [6.07, 6.45) is 0. The molecule has 0 bridgehead atoms. The Bertz CT molecular complexity index is 895. The number of ether oxygens (including phenoxy) is 1. The van der Waals surface area contributed by atoms with Gasteiger partial charge in [0, 0.05) is 17.7 Å². The molecule has 0 atom stereocenters. The first-order chi connectivity index (χ1) is 12.5. The van der Waals surface area contributed by atoms with E-state index >= 15 is 0 Å². The van der Waals surface area contributed by atoms with Crippen LogP contribution in [0.3, 0.4) is 0 Å². The van der Waals surface area contributed by atoms with E-state index in [4.69, 9.17) is 4.42 Å². The fourth-order valence-electron chi connectivity index (χ4n) is 2.43. The third-order valence-electron chi connectivity index (χ3n) is 3.66. The van der Waals surface area contributed by atoms with Crippen LogP contribution in [0.15, 0.2) is 59.0 Å². The SMILES string of the molecule is Cc1oc(-c2ccccc2)nc1C(=O)NCc1ccccc1OC(F)F. The summed E-state index contributed by atoms with van der Waals surface area (Å²) in [6.45, 7) is -1.27. The minimum atomic E-state index is -2.93. The number of carbonyl (C=O) groups excluding carboxylic acids is 1. The fraction of sp³-hybridized carbons (Fsp3) is 0.158. The van der Waals surface area contributed by atoms with Crippen molar-refractivity contribution in [2.75, 3.05) is 0 Å². The molecule has 26 heavy (non-hydrogen) atoms. The average molecular weight is 358 g/mol. The summed E-state index contributed by atoms with van der Waals surface area (Å²) in [5, 5.41) is 2.65. The summed E-state index contributed by atoms with van der Waals surface area (Å²) in [4.78, 5) is 16.6. The Balaban J connectivity index is 1.73. The molecule has 0 aliphatic heterocycles. The van der Waals surface area contributed by atoms with E-state index in [1.165, 1.54) is 6.07 Å². The number of rotatable bonds is 6. The molecule has 0 aliphatic rings. The van der Waals surface area contributed by atoms with E-state index in [1.54, 1.807) is 25.1 Å². The van der Waals surface area contributed by atoms with Crippen LogP contribution in [-0.4, -0.2) is 17.5 Å². The third-order valence-corrected chi connectivity index (χ3v) is 3.66. The Kier molecular flexibility index (Phi) is 5.26. The van der Waals surface area contributed by atoms with Crippen LogP contribution in [0.2, 0.25) is 0 Å². The van der Waals surface area contributed by atoms with Crippen LogP contribution in [0.1, 0.15) is 21.8 Å². The van der Waals surface area contributed by atoms with Crippen LogP contribution in [0.4, 0.5) is 8.78 Å². The van der Waals surface area contributed by atoms with Crippen LogP contribution >= 0.6 is 0 Å². The Morgan fingerprint density at radius 1 is 1.15 bits per heavy atom. The third kappa shape index (κ3) is 4.05. The number of aryl methyl sites for hydroxylation is 1. The molecule has 1 heterocycles. The summed E-state index contributed by atoms with van der Waals surface area (Å²) in [5.74, 6) is 0.276. The summed E-state index contributed by atoms with van der Waals surface area (Å²) in [5.41, 5.74) is 1.34. The lowest BCUT2D eigenvalue weighted by molar-refractivity contribution is -0.0504. The maximum atomic E-state index is 12.4. The molecule has 1 aromatic heterocycles. The van der Waals surface area contributed by atoms with E-state index in [2.05, 4.69) is 15.0 Å². The summed E-state index contributed by atoms with van der Waals surface area (Å²) in [7, 11) is 0. The molecule has 0 radical (unpaired) electrons. The smallest absolute Gasteiger partial charge is 0.387 e. The molecule has 1 amide bonds. The largest absolute Gasteiger partial charge is 0.441 e. The van der Waals surface area contributed by atoms with E-state index < -0.39 is 12.5 Å². The molecule has 0 saturated heterocycles. The number of benzene rings is 2. The van der Waals surface area contributed by atoms with Gasteiger partial charge in [-0.05, 0) is 25.1 Å². The lowest BCUT2D eigenvalue weighted by atomic mass is 10.2. The molecular weight excluding hydrogens is 342 g/mol. The second-order valence-corrected chi connectivity index (χ2v) is 5.46. The van der Waals surface area contributed by atoms with Gasteiger partial charge in [0.05, 0.1) is 0 Å². The van der Waals surface area contributed by atoms with Crippen molar-refractivity contribution in [2.45, 2.75) is 20.1 Å². The van der Waals surface area contributed by atoms with Crippen LogP contribution < -0.4 is 10.1 Å². The quantitative estimate of drug-likeness (QED) is 0.718. The monoisotopic (exact) mass is 358 g/mol. The summed E-state index contributed by atoms with van der Waals surface area (Å²) >= 11 is 0. The number of nitrogens with zero attached hydrogens (tertiary/aromatic N) is 1. The molecular formula is C19H16F2N2O3. The topological polar surface area (TPSA) is 64.4 Å². The summed E-state index contributed by atoms with van der Waals surface area (Å²) in [6, 6.07) is 15.5. The minimum Gasteiger partial charge on any atom is -0.441 e. The maximum absolute atomic E-state index is 12.4. The van der Waals surface area contributed by atoms with Gasteiger partial charge in [0.1, 0.15) is 11.5 Å². The standard InChI is InChI=1S/C19H16F2N2O3/c1-12-16(23-18(25-12)13-7-3-2-4-8-13)17(24)22-11-14-9-5-6-10-15(14)26-19(20)21/h2-10,19H,11H2,1H3,(H,22,24). The Morgan fingerprint density at radius 2 is 1.85 bits per heavy atom. The lowest BCUT2D eigenvalue weighted by Crippen LogP contribution is -2.24. The first-order valence-corrected chi connectivity index (χ1v) is 7.88. The molecule has 0 spiro atoms.